The highest BCUT2D eigenvalue weighted by Gasteiger charge is 2.19. The van der Waals surface area contributed by atoms with Gasteiger partial charge in [-0.05, 0) is 52.0 Å². The van der Waals surface area contributed by atoms with Crippen molar-refractivity contribution in [2.24, 2.45) is 0 Å². The van der Waals surface area contributed by atoms with Crippen molar-refractivity contribution in [3.8, 4) is 0 Å². The third-order valence-corrected chi connectivity index (χ3v) is 5.57. The zero-order valence-corrected chi connectivity index (χ0v) is 19.9. The van der Waals surface area contributed by atoms with Gasteiger partial charge in [0.25, 0.3) is 0 Å². The van der Waals surface area contributed by atoms with Crippen LogP contribution in [0.3, 0.4) is 0 Å². The fraction of sp³-hybridized carbons (Fsp3) is 0.280. The Balaban J connectivity index is 1.55. The van der Waals surface area contributed by atoms with Gasteiger partial charge < -0.3 is 10.6 Å². The van der Waals surface area contributed by atoms with Crippen LogP contribution in [0.15, 0.2) is 48.5 Å². The summed E-state index contributed by atoms with van der Waals surface area (Å²) in [5.41, 5.74) is 4.30. The molecular weight excluding hydrogens is 440 g/mol. The average Bonchev–Trinajstić information content (AvgIpc) is 3.11. The second-order valence-corrected chi connectivity index (χ2v) is 8.48. The second-order valence-electron chi connectivity index (χ2n) is 8.07. The van der Waals surface area contributed by atoms with Crippen LogP contribution in [-0.2, 0) is 9.59 Å². The number of rotatable bonds is 8. The summed E-state index contributed by atoms with van der Waals surface area (Å²) in [6.07, 6.45) is 0.171. The molecular formula is C25H27ClN4O3. The predicted octanol–water partition coefficient (Wildman–Crippen LogP) is 5.26. The van der Waals surface area contributed by atoms with Gasteiger partial charge in [0.2, 0.25) is 11.8 Å². The van der Waals surface area contributed by atoms with Gasteiger partial charge in [-0.1, -0.05) is 41.4 Å². The van der Waals surface area contributed by atoms with Crippen LogP contribution in [-0.4, -0.2) is 27.4 Å². The standard InChI is InChI=1S/C25H27ClN4O3/c1-15-5-7-19(8-6-15)23(31)11-12-24(32)27-20-9-10-22(21(26)14-20)28-25(33)18(4)30-17(3)13-16(2)29-30/h5-10,13-14,18H,11-12H2,1-4H3,(H,27,32)(H,28,33). The molecule has 0 fully saturated rings. The van der Waals surface area contributed by atoms with E-state index in [1.54, 1.807) is 41.9 Å². The van der Waals surface area contributed by atoms with Crippen LogP contribution in [0.25, 0.3) is 0 Å². The number of nitrogens with zero attached hydrogens (tertiary/aromatic N) is 2. The molecule has 0 radical (unpaired) electrons. The number of halogens is 1. The number of aromatic nitrogens is 2. The lowest BCUT2D eigenvalue weighted by Gasteiger charge is -2.16. The van der Waals surface area contributed by atoms with Crippen molar-refractivity contribution in [2.45, 2.75) is 46.6 Å². The van der Waals surface area contributed by atoms with Crippen LogP contribution in [0.5, 0.6) is 0 Å². The maximum absolute atomic E-state index is 12.6. The van der Waals surface area contributed by atoms with E-state index in [2.05, 4.69) is 15.7 Å². The predicted molar refractivity (Wildman–Crippen MR) is 130 cm³/mol. The number of aryl methyl sites for hydroxylation is 3. The summed E-state index contributed by atoms with van der Waals surface area (Å²) in [6, 6.07) is 13.5. The number of hydrogen-bond acceptors (Lipinski definition) is 4. The van der Waals surface area contributed by atoms with Gasteiger partial charge >= 0.3 is 0 Å². The molecule has 0 saturated heterocycles. The maximum Gasteiger partial charge on any atom is 0.248 e. The zero-order chi connectivity index (χ0) is 24.1. The Morgan fingerprint density at radius 2 is 1.67 bits per heavy atom. The molecule has 1 heterocycles. The van der Waals surface area contributed by atoms with E-state index in [0.717, 1.165) is 17.0 Å². The van der Waals surface area contributed by atoms with Crippen LogP contribution < -0.4 is 10.6 Å². The number of hydrogen-bond donors (Lipinski definition) is 2. The molecule has 0 aliphatic carbocycles. The Hall–Kier alpha value is -3.45. The smallest absolute Gasteiger partial charge is 0.248 e. The maximum atomic E-state index is 12.6. The van der Waals surface area contributed by atoms with Crippen molar-refractivity contribution in [1.82, 2.24) is 9.78 Å². The van der Waals surface area contributed by atoms with Crippen molar-refractivity contribution in [3.05, 3.63) is 76.1 Å². The van der Waals surface area contributed by atoms with E-state index >= 15 is 0 Å². The van der Waals surface area contributed by atoms with E-state index in [9.17, 15) is 14.4 Å². The monoisotopic (exact) mass is 466 g/mol. The molecule has 3 aromatic rings. The molecule has 0 spiro atoms. The first kappa shape index (κ1) is 24.2. The number of amides is 2. The molecule has 0 saturated carbocycles. The molecule has 2 amide bonds. The second kappa shape index (κ2) is 10.4. The van der Waals surface area contributed by atoms with Gasteiger partial charge in [-0.3, -0.25) is 19.1 Å². The summed E-state index contributed by atoms with van der Waals surface area (Å²) in [7, 11) is 0. The molecule has 1 aromatic heterocycles. The zero-order valence-electron chi connectivity index (χ0n) is 19.1. The minimum absolute atomic E-state index is 0.0585. The molecule has 3 rings (SSSR count). The Kier molecular flexibility index (Phi) is 7.66. The van der Waals surface area contributed by atoms with Crippen molar-refractivity contribution < 1.29 is 14.4 Å². The van der Waals surface area contributed by atoms with Crippen LogP contribution in [0.1, 0.15) is 53.1 Å². The Morgan fingerprint density at radius 3 is 2.27 bits per heavy atom. The molecule has 1 atom stereocenters. The number of carbonyl (C=O) groups excluding carboxylic acids is 3. The van der Waals surface area contributed by atoms with Gasteiger partial charge in [-0.15, -0.1) is 0 Å². The lowest BCUT2D eigenvalue weighted by molar-refractivity contribution is -0.119. The molecule has 0 bridgehead atoms. The molecule has 172 valence electrons. The van der Waals surface area contributed by atoms with Gasteiger partial charge in [0, 0.05) is 29.8 Å². The summed E-state index contributed by atoms with van der Waals surface area (Å²) in [5, 5.41) is 10.2. The number of nitrogens with one attached hydrogen (secondary N) is 2. The first-order chi connectivity index (χ1) is 15.6. The summed E-state index contributed by atoms with van der Waals surface area (Å²) < 4.78 is 1.66. The number of ketones is 1. The average molecular weight is 467 g/mol. The van der Waals surface area contributed by atoms with E-state index in [1.165, 1.54) is 0 Å². The summed E-state index contributed by atoms with van der Waals surface area (Å²) in [5.74, 6) is -0.631. The normalized spacial score (nSPS) is 11.7. The Labute approximate surface area is 198 Å². The van der Waals surface area contributed by atoms with Crippen molar-refractivity contribution in [2.75, 3.05) is 10.6 Å². The number of anilines is 2. The first-order valence-corrected chi connectivity index (χ1v) is 11.0. The van der Waals surface area contributed by atoms with Crippen molar-refractivity contribution in [1.29, 1.82) is 0 Å². The van der Waals surface area contributed by atoms with Crippen LogP contribution in [0, 0.1) is 20.8 Å². The quantitative estimate of drug-likeness (QED) is 0.442. The Bertz CT molecular complexity index is 1180. The number of carbonyl (C=O) groups is 3. The SMILES string of the molecule is Cc1ccc(C(=O)CCC(=O)Nc2ccc(NC(=O)C(C)n3nc(C)cc3C)c(Cl)c2)cc1. The number of Topliss-reactive ketones (excluding diaryl/α,β-unsaturated/α-hetero) is 1. The Morgan fingerprint density at radius 1 is 0.970 bits per heavy atom. The fourth-order valence-corrected chi connectivity index (χ4v) is 3.64. The van der Waals surface area contributed by atoms with Gasteiger partial charge in [-0.25, -0.2) is 0 Å². The minimum atomic E-state index is -0.514. The molecule has 7 nitrogen and oxygen atoms in total. The van der Waals surface area contributed by atoms with E-state index in [0.29, 0.717) is 16.9 Å². The van der Waals surface area contributed by atoms with Gasteiger partial charge in [0.1, 0.15) is 6.04 Å². The molecule has 0 aliphatic rings. The highest BCUT2D eigenvalue weighted by Crippen LogP contribution is 2.27. The van der Waals surface area contributed by atoms with E-state index < -0.39 is 6.04 Å². The highest BCUT2D eigenvalue weighted by atomic mass is 35.5. The lowest BCUT2D eigenvalue weighted by Crippen LogP contribution is -2.25. The molecule has 2 aromatic carbocycles. The van der Waals surface area contributed by atoms with E-state index in [1.807, 2.05) is 39.0 Å². The van der Waals surface area contributed by atoms with Gasteiger partial charge in [0.05, 0.1) is 16.4 Å². The van der Waals surface area contributed by atoms with Gasteiger partial charge in [0.15, 0.2) is 5.78 Å². The van der Waals surface area contributed by atoms with E-state index in [-0.39, 0.29) is 35.5 Å². The first-order valence-electron chi connectivity index (χ1n) is 10.7. The molecule has 1 unspecified atom stereocenters. The summed E-state index contributed by atoms with van der Waals surface area (Å²) in [4.78, 5) is 37.2. The highest BCUT2D eigenvalue weighted by molar-refractivity contribution is 6.34. The lowest BCUT2D eigenvalue weighted by atomic mass is 10.0. The van der Waals surface area contributed by atoms with Crippen LogP contribution in [0.2, 0.25) is 5.02 Å². The fourth-order valence-electron chi connectivity index (χ4n) is 3.41. The molecule has 2 N–H and O–H groups in total. The molecule has 0 aliphatic heterocycles. The number of benzene rings is 2. The third-order valence-electron chi connectivity index (χ3n) is 5.25. The largest absolute Gasteiger partial charge is 0.326 e. The third kappa shape index (κ3) is 6.29. The molecule has 8 heteroatoms. The van der Waals surface area contributed by atoms with Gasteiger partial charge in [-0.2, -0.15) is 5.10 Å². The summed E-state index contributed by atoms with van der Waals surface area (Å²) >= 11 is 6.32. The minimum Gasteiger partial charge on any atom is -0.326 e. The van der Waals surface area contributed by atoms with Crippen molar-refractivity contribution in [3.63, 3.8) is 0 Å². The van der Waals surface area contributed by atoms with Crippen molar-refractivity contribution >= 4 is 40.6 Å². The van der Waals surface area contributed by atoms with E-state index in [4.69, 9.17) is 11.6 Å². The van der Waals surface area contributed by atoms with Crippen LogP contribution in [0.4, 0.5) is 11.4 Å². The van der Waals surface area contributed by atoms with Crippen LogP contribution >= 0.6 is 11.6 Å². The summed E-state index contributed by atoms with van der Waals surface area (Å²) in [6.45, 7) is 7.47. The molecule has 33 heavy (non-hydrogen) atoms. The topological polar surface area (TPSA) is 93.1 Å².